The summed E-state index contributed by atoms with van der Waals surface area (Å²) in [6, 6.07) is 22.0. The molecule has 2 atom stereocenters. The van der Waals surface area contributed by atoms with Gasteiger partial charge in [0.2, 0.25) is 0 Å². The molecule has 0 aliphatic carbocycles. The van der Waals surface area contributed by atoms with Crippen LogP contribution < -0.4 is 0 Å². The van der Waals surface area contributed by atoms with E-state index in [-0.39, 0.29) is 0 Å². The number of benzene rings is 2. The van der Waals surface area contributed by atoms with E-state index in [2.05, 4.69) is 88.4 Å². The zero-order valence-corrected chi connectivity index (χ0v) is 14.5. The molecule has 0 saturated heterocycles. The first-order valence-electron chi connectivity index (χ1n) is 8.64. The number of rotatable bonds is 7. The van der Waals surface area contributed by atoms with Crippen molar-refractivity contribution in [3.63, 3.8) is 0 Å². The first-order chi connectivity index (χ1) is 10.5. The summed E-state index contributed by atoms with van der Waals surface area (Å²) in [5, 5.41) is 0. The Morgan fingerprint density at radius 2 is 1.32 bits per heavy atom. The molecule has 0 aliphatic rings. The molecule has 0 nitrogen and oxygen atoms in total. The normalized spacial score (nSPS) is 14.5. The van der Waals surface area contributed by atoms with Crippen molar-refractivity contribution < 1.29 is 0 Å². The molecule has 2 unspecified atom stereocenters. The van der Waals surface area contributed by atoms with Crippen LogP contribution in [-0.4, -0.2) is 0 Å². The van der Waals surface area contributed by atoms with Crippen molar-refractivity contribution in [1.29, 1.82) is 0 Å². The molecule has 2 aromatic carbocycles. The maximum Gasteiger partial charge on any atom is -0.0110 e. The SMILES string of the molecule is CCCC(c1ccccc1)C(C)(C)CC(C)c1ccccc1. The van der Waals surface area contributed by atoms with Crippen molar-refractivity contribution in [3.8, 4) is 0 Å². The monoisotopic (exact) mass is 294 g/mol. The zero-order valence-electron chi connectivity index (χ0n) is 14.5. The van der Waals surface area contributed by atoms with Crippen LogP contribution in [-0.2, 0) is 0 Å². The van der Waals surface area contributed by atoms with Gasteiger partial charge in [-0.2, -0.15) is 0 Å². The third-order valence-corrected chi connectivity index (χ3v) is 4.92. The highest BCUT2D eigenvalue weighted by atomic mass is 14.4. The van der Waals surface area contributed by atoms with Crippen LogP contribution in [0.3, 0.4) is 0 Å². The van der Waals surface area contributed by atoms with Crippen LogP contribution >= 0.6 is 0 Å². The molecule has 0 aromatic heterocycles. The number of hydrogen-bond acceptors (Lipinski definition) is 0. The predicted octanol–water partition coefficient (Wildman–Crippen LogP) is 6.79. The lowest BCUT2D eigenvalue weighted by Crippen LogP contribution is -2.24. The Morgan fingerprint density at radius 3 is 1.82 bits per heavy atom. The molecule has 0 spiro atoms. The molecule has 0 bridgehead atoms. The highest BCUT2D eigenvalue weighted by molar-refractivity contribution is 5.23. The van der Waals surface area contributed by atoms with E-state index in [1.165, 1.54) is 30.4 Å². The van der Waals surface area contributed by atoms with E-state index < -0.39 is 0 Å². The van der Waals surface area contributed by atoms with Gasteiger partial charge in [0.1, 0.15) is 0 Å². The molecule has 2 rings (SSSR count). The van der Waals surface area contributed by atoms with E-state index in [1.54, 1.807) is 0 Å². The van der Waals surface area contributed by atoms with Crippen LogP contribution in [0.2, 0.25) is 0 Å². The van der Waals surface area contributed by atoms with E-state index in [0.717, 1.165) is 0 Å². The van der Waals surface area contributed by atoms with Crippen LogP contribution in [0, 0.1) is 5.41 Å². The van der Waals surface area contributed by atoms with Crippen LogP contribution in [0.5, 0.6) is 0 Å². The molecule has 0 saturated carbocycles. The first kappa shape index (κ1) is 16.8. The van der Waals surface area contributed by atoms with Gasteiger partial charge >= 0.3 is 0 Å². The lowest BCUT2D eigenvalue weighted by Gasteiger charge is -2.37. The third-order valence-electron chi connectivity index (χ3n) is 4.92. The van der Waals surface area contributed by atoms with Crippen molar-refractivity contribution in [2.24, 2.45) is 5.41 Å². The van der Waals surface area contributed by atoms with E-state index in [4.69, 9.17) is 0 Å². The summed E-state index contributed by atoms with van der Waals surface area (Å²) in [5.74, 6) is 1.23. The van der Waals surface area contributed by atoms with Gasteiger partial charge in [-0.05, 0) is 41.2 Å². The van der Waals surface area contributed by atoms with Gasteiger partial charge in [0.15, 0.2) is 0 Å². The van der Waals surface area contributed by atoms with Crippen molar-refractivity contribution in [3.05, 3.63) is 71.8 Å². The summed E-state index contributed by atoms with van der Waals surface area (Å²) in [6.07, 6.45) is 3.72. The van der Waals surface area contributed by atoms with Gasteiger partial charge in [0, 0.05) is 0 Å². The summed E-state index contributed by atoms with van der Waals surface area (Å²) >= 11 is 0. The molecule has 22 heavy (non-hydrogen) atoms. The maximum absolute atomic E-state index is 2.44. The molecular weight excluding hydrogens is 264 g/mol. The van der Waals surface area contributed by atoms with Crippen molar-refractivity contribution in [1.82, 2.24) is 0 Å². The minimum absolute atomic E-state index is 0.298. The smallest absolute Gasteiger partial charge is 0.0110 e. The van der Waals surface area contributed by atoms with Gasteiger partial charge in [-0.3, -0.25) is 0 Å². The molecule has 0 fully saturated rings. The van der Waals surface area contributed by atoms with Gasteiger partial charge in [0.25, 0.3) is 0 Å². The Morgan fingerprint density at radius 1 is 0.818 bits per heavy atom. The van der Waals surface area contributed by atoms with Gasteiger partial charge in [-0.25, -0.2) is 0 Å². The summed E-state index contributed by atoms with van der Waals surface area (Å²) in [6.45, 7) is 9.55. The Hall–Kier alpha value is -1.56. The van der Waals surface area contributed by atoms with Crippen LogP contribution in [0.1, 0.15) is 69.9 Å². The van der Waals surface area contributed by atoms with Crippen LogP contribution in [0.25, 0.3) is 0 Å². The lowest BCUT2D eigenvalue weighted by molar-refractivity contribution is 0.233. The molecule has 2 aromatic rings. The third kappa shape index (κ3) is 4.22. The molecule has 0 N–H and O–H groups in total. The second-order valence-electron chi connectivity index (χ2n) is 7.26. The largest absolute Gasteiger partial charge is 0.0654 e. The maximum atomic E-state index is 2.44. The molecule has 0 heterocycles. The summed E-state index contributed by atoms with van der Waals surface area (Å²) in [7, 11) is 0. The standard InChI is InChI=1S/C22H30/c1-5-12-21(20-15-10-7-11-16-20)22(3,4)17-18(2)19-13-8-6-9-14-19/h6-11,13-16,18,21H,5,12,17H2,1-4H3. The lowest BCUT2D eigenvalue weighted by atomic mass is 9.68. The summed E-state index contributed by atoms with van der Waals surface area (Å²) in [5.41, 5.74) is 3.25. The van der Waals surface area contributed by atoms with E-state index >= 15 is 0 Å². The Bertz CT molecular complexity index is 539. The average Bonchev–Trinajstić information content (AvgIpc) is 2.53. The summed E-state index contributed by atoms with van der Waals surface area (Å²) in [4.78, 5) is 0. The molecule has 0 radical (unpaired) electrons. The Labute approximate surface area is 136 Å². The van der Waals surface area contributed by atoms with Gasteiger partial charge in [0.05, 0.1) is 0 Å². The minimum atomic E-state index is 0.298. The van der Waals surface area contributed by atoms with E-state index in [0.29, 0.717) is 17.3 Å². The minimum Gasteiger partial charge on any atom is -0.0654 e. The Kier molecular flexibility index (Phi) is 5.83. The van der Waals surface area contributed by atoms with Gasteiger partial charge in [-0.1, -0.05) is 94.8 Å². The fourth-order valence-corrected chi connectivity index (χ4v) is 3.81. The second kappa shape index (κ2) is 7.63. The molecular formula is C22H30. The van der Waals surface area contributed by atoms with Gasteiger partial charge < -0.3 is 0 Å². The molecule has 0 aliphatic heterocycles. The van der Waals surface area contributed by atoms with Crippen molar-refractivity contribution >= 4 is 0 Å². The Balaban J connectivity index is 2.18. The average molecular weight is 294 g/mol. The fourth-order valence-electron chi connectivity index (χ4n) is 3.81. The van der Waals surface area contributed by atoms with Crippen LogP contribution in [0.4, 0.5) is 0 Å². The van der Waals surface area contributed by atoms with E-state index in [1.807, 2.05) is 0 Å². The summed E-state index contributed by atoms with van der Waals surface area (Å²) < 4.78 is 0. The predicted molar refractivity (Wildman–Crippen MR) is 97.3 cm³/mol. The zero-order chi connectivity index (χ0) is 16.0. The number of hydrogen-bond donors (Lipinski definition) is 0. The second-order valence-corrected chi connectivity index (χ2v) is 7.26. The highest BCUT2D eigenvalue weighted by Crippen LogP contribution is 2.45. The molecule has 0 heteroatoms. The molecule has 118 valence electrons. The quantitative estimate of drug-likeness (QED) is 0.527. The highest BCUT2D eigenvalue weighted by Gasteiger charge is 2.31. The van der Waals surface area contributed by atoms with E-state index in [9.17, 15) is 0 Å². The van der Waals surface area contributed by atoms with Gasteiger partial charge in [-0.15, -0.1) is 0 Å². The topological polar surface area (TPSA) is 0 Å². The fraction of sp³-hybridized carbons (Fsp3) is 0.455. The van der Waals surface area contributed by atoms with Crippen molar-refractivity contribution in [2.45, 2.75) is 58.8 Å². The van der Waals surface area contributed by atoms with Crippen molar-refractivity contribution in [2.75, 3.05) is 0 Å². The van der Waals surface area contributed by atoms with Crippen LogP contribution in [0.15, 0.2) is 60.7 Å². The first-order valence-corrected chi connectivity index (χ1v) is 8.64. The molecule has 0 amide bonds.